The maximum absolute atomic E-state index is 12.5. The standard InChI is InChI=1S/C35H59NO5/c1-20(2)28(38-8)22-17-21(3)27-29(40-22)30(37)33(7)24-10-9-23-31(4,5)25(41-26-18-36-15-16-39-26)11-12-34(23)19-35(24,34)14-13-32(27,33)6/h20-30,36-37H,9-19H2,1-8H3/t21-,22?,23+,24?,25+,26+,27+,28-,29?,30+,32-,33-,34-,35+/m1/s1. The zero-order chi connectivity index (χ0) is 29.2. The molecule has 7 rings (SSSR count). The van der Waals surface area contributed by atoms with Gasteiger partial charge in [0.2, 0.25) is 0 Å². The molecule has 0 aromatic heterocycles. The van der Waals surface area contributed by atoms with Gasteiger partial charge in [-0.2, -0.15) is 0 Å². The van der Waals surface area contributed by atoms with E-state index >= 15 is 0 Å². The Kier molecular flexibility index (Phi) is 6.92. The summed E-state index contributed by atoms with van der Waals surface area (Å²) < 4.78 is 25.6. The van der Waals surface area contributed by atoms with Crippen LogP contribution in [0.2, 0.25) is 0 Å². The van der Waals surface area contributed by atoms with Crippen molar-refractivity contribution in [3.63, 3.8) is 0 Å². The summed E-state index contributed by atoms with van der Waals surface area (Å²) in [5, 5.41) is 15.9. The molecule has 0 bridgehead atoms. The lowest BCUT2D eigenvalue weighted by molar-refractivity contribution is -0.237. The van der Waals surface area contributed by atoms with Gasteiger partial charge in [0.25, 0.3) is 0 Å². The lowest BCUT2D eigenvalue weighted by Crippen LogP contribution is -2.60. The molecule has 7 fully saturated rings. The lowest BCUT2D eigenvalue weighted by atomic mass is 9.41. The fraction of sp³-hybridized carbons (Fsp3) is 1.00. The Morgan fingerprint density at radius 2 is 1.71 bits per heavy atom. The van der Waals surface area contributed by atoms with Gasteiger partial charge in [-0.05, 0) is 103 Å². The topological polar surface area (TPSA) is 69.2 Å². The lowest BCUT2D eigenvalue weighted by Gasteiger charge is -2.64. The number of ether oxygens (including phenoxy) is 4. The maximum Gasteiger partial charge on any atom is 0.170 e. The predicted octanol–water partition coefficient (Wildman–Crippen LogP) is 5.80. The highest BCUT2D eigenvalue weighted by molar-refractivity contribution is 5.32. The SMILES string of the molecule is CO[C@H](C(C)C)C1C[C@@H](C)[C@H]2C(O1)[C@H](O)[C@@]1(C)C3CC[C@H]4C(C)(C)[C@@H](O[C@H]5CNCCO5)CC[C@@]45C[C@@]35CC[C@]21C. The van der Waals surface area contributed by atoms with Gasteiger partial charge in [0.05, 0.1) is 37.1 Å². The first kappa shape index (κ1) is 29.5. The van der Waals surface area contributed by atoms with Crippen molar-refractivity contribution in [3.05, 3.63) is 0 Å². The third-order valence-corrected chi connectivity index (χ3v) is 15.3. The molecule has 2 spiro atoms. The minimum Gasteiger partial charge on any atom is -0.390 e. The molecule has 7 aliphatic rings. The summed E-state index contributed by atoms with van der Waals surface area (Å²) >= 11 is 0. The molecule has 0 amide bonds. The molecule has 14 atom stereocenters. The Balaban J connectivity index is 1.16. The summed E-state index contributed by atoms with van der Waals surface area (Å²) in [7, 11) is 1.83. The molecule has 234 valence electrons. The Morgan fingerprint density at radius 1 is 0.976 bits per heavy atom. The Morgan fingerprint density at radius 3 is 2.39 bits per heavy atom. The quantitative estimate of drug-likeness (QED) is 0.433. The van der Waals surface area contributed by atoms with E-state index in [1.165, 1.54) is 38.5 Å². The van der Waals surface area contributed by atoms with Gasteiger partial charge in [0, 0.05) is 25.6 Å². The molecule has 3 unspecified atom stereocenters. The number of aliphatic hydroxyl groups excluding tert-OH is 1. The van der Waals surface area contributed by atoms with E-state index in [1.54, 1.807) is 0 Å². The first-order valence-corrected chi connectivity index (χ1v) is 17.2. The van der Waals surface area contributed by atoms with Crippen molar-refractivity contribution < 1.29 is 24.1 Å². The molecule has 2 aliphatic heterocycles. The molecule has 6 heteroatoms. The third-order valence-electron chi connectivity index (χ3n) is 15.3. The monoisotopic (exact) mass is 573 g/mol. The third kappa shape index (κ3) is 3.70. The summed E-state index contributed by atoms with van der Waals surface area (Å²) in [5.74, 6) is 2.59. The molecule has 5 saturated carbocycles. The zero-order valence-electron chi connectivity index (χ0n) is 27.2. The minimum absolute atomic E-state index is 0.0645. The number of aliphatic hydroxyl groups is 1. The van der Waals surface area contributed by atoms with Crippen LogP contribution in [0.25, 0.3) is 0 Å². The van der Waals surface area contributed by atoms with Gasteiger partial charge in [-0.25, -0.2) is 0 Å². The molecular weight excluding hydrogens is 514 g/mol. The molecule has 2 saturated heterocycles. The van der Waals surface area contributed by atoms with Crippen molar-refractivity contribution in [1.29, 1.82) is 0 Å². The Hall–Kier alpha value is -0.240. The van der Waals surface area contributed by atoms with Crippen molar-refractivity contribution in [3.8, 4) is 0 Å². The van der Waals surface area contributed by atoms with Gasteiger partial charge in [-0.3, -0.25) is 0 Å². The van der Waals surface area contributed by atoms with Crippen LogP contribution in [0.15, 0.2) is 0 Å². The summed E-state index contributed by atoms with van der Waals surface area (Å²) in [6.45, 7) is 19.4. The highest BCUT2D eigenvalue weighted by Gasteiger charge is 2.84. The summed E-state index contributed by atoms with van der Waals surface area (Å²) in [6, 6.07) is 0. The summed E-state index contributed by atoms with van der Waals surface area (Å²) in [4.78, 5) is 0. The van der Waals surface area contributed by atoms with Gasteiger partial charge in [0.15, 0.2) is 6.29 Å². The normalized spacial score (nSPS) is 56.2. The maximum atomic E-state index is 12.5. The number of hydrogen-bond acceptors (Lipinski definition) is 6. The smallest absolute Gasteiger partial charge is 0.170 e. The average molecular weight is 574 g/mol. The Labute approximate surface area is 249 Å². The highest BCUT2D eigenvalue weighted by atomic mass is 16.7. The number of nitrogens with one attached hydrogen (secondary N) is 1. The second-order valence-electron chi connectivity index (χ2n) is 17.1. The van der Waals surface area contributed by atoms with E-state index in [1.807, 2.05) is 7.11 Å². The number of rotatable bonds is 5. The van der Waals surface area contributed by atoms with E-state index in [0.29, 0.717) is 40.4 Å². The molecule has 41 heavy (non-hydrogen) atoms. The van der Waals surface area contributed by atoms with Crippen molar-refractivity contribution >= 4 is 0 Å². The van der Waals surface area contributed by atoms with Crippen molar-refractivity contribution in [2.45, 2.75) is 137 Å². The highest BCUT2D eigenvalue weighted by Crippen LogP contribution is 2.89. The van der Waals surface area contributed by atoms with E-state index < -0.39 is 6.10 Å². The van der Waals surface area contributed by atoms with Crippen molar-refractivity contribution in [2.75, 3.05) is 26.8 Å². The number of hydrogen-bond donors (Lipinski definition) is 2. The van der Waals surface area contributed by atoms with Gasteiger partial charge in [0.1, 0.15) is 0 Å². The zero-order valence-corrected chi connectivity index (χ0v) is 27.2. The number of methoxy groups -OCH3 is 1. The minimum atomic E-state index is -0.410. The van der Waals surface area contributed by atoms with Crippen LogP contribution < -0.4 is 5.32 Å². The molecule has 2 heterocycles. The van der Waals surface area contributed by atoms with E-state index in [0.717, 1.165) is 32.5 Å². The van der Waals surface area contributed by atoms with Crippen LogP contribution in [0.4, 0.5) is 0 Å². The van der Waals surface area contributed by atoms with Crippen LogP contribution in [0.5, 0.6) is 0 Å². The number of fused-ring (bicyclic) bond motifs is 4. The molecule has 5 aliphatic carbocycles. The van der Waals surface area contributed by atoms with Gasteiger partial charge in [-0.15, -0.1) is 0 Å². The molecule has 0 aromatic carbocycles. The van der Waals surface area contributed by atoms with Crippen LogP contribution in [0.1, 0.15) is 99.8 Å². The first-order chi connectivity index (χ1) is 19.4. The fourth-order valence-electron chi connectivity index (χ4n) is 13.4. The van der Waals surface area contributed by atoms with Gasteiger partial charge >= 0.3 is 0 Å². The van der Waals surface area contributed by atoms with Crippen LogP contribution in [0.3, 0.4) is 0 Å². The summed E-state index contributed by atoms with van der Waals surface area (Å²) in [5.41, 5.74) is 0.914. The van der Waals surface area contributed by atoms with Crippen LogP contribution in [-0.4, -0.2) is 68.7 Å². The van der Waals surface area contributed by atoms with Crippen LogP contribution in [-0.2, 0) is 18.9 Å². The fourth-order valence-corrected chi connectivity index (χ4v) is 13.4. The van der Waals surface area contributed by atoms with Crippen LogP contribution in [0, 0.1) is 56.7 Å². The summed E-state index contributed by atoms with van der Waals surface area (Å²) in [6.07, 6.45) is 9.65. The van der Waals surface area contributed by atoms with Crippen molar-refractivity contribution in [1.82, 2.24) is 5.32 Å². The van der Waals surface area contributed by atoms with E-state index in [-0.39, 0.29) is 47.0 Å². The van der Waals surface area contributed by atoms with E-state index in [9.17, 15) is 5.11 Å². The van der Waals surface area contributed by atoms with E-state index in [2.05, 4.69) is 53.8 Å². The van der Waals surface area contributed by atoms with Gasteiger partial charge < -0.3 is 29.4 Å². The second-order valence-corrected chi connectivity index (χ2v) is 17.1. The van der Waals surface area contributed by atoms with Crippen molar-refractivity contribution in [2.24, 2.45) is 56.7 Å². The molecule has 2 N–H and O–H groups in total. The number of morpholine rings is 1. The van der Waals surface area contributed by atoms with Gasteiger partial charge in [-0.1, -0.05) is 48.5 Å². The molecule has 0 aromatic rings. The average Bonchev–Trinajstić information content (AvgIpc) is 3.56. The molecular formula is C35H59NO5. The Bertz CT molecular complexity index is 1010. The largest absolute Gasteiger partial charge is 0.390 e. The van der Waals surface area contributed by atoms with E-state index in [4.69, 9.17) is 18.9 Å². The predicted molar refractivity (Wildman–Crippen MR) is 159 cm³/mol. The van der Waals surface area contributed by atoms with Crippen LogP contribution >= 0.6 is 0 Å². The molecule has 0 radical (unpaired) electrons. The first-order valence-electron chi connectivity index (χ1n) is 17.2. The second kappa shape index (κ2) is 9.63. The molecule has 6 nitrogen and oxygen atoms in total.